The Labute approximate surface area is 207 Å². The fourth-order valence-electron chi connectivity index (χ4n) is 3.90. The number of hydrogen-bond donors (Lipinski definition) is 1. The summed E-state index contributed by atoms with van der Waals surface area (Å²) in [6, 6.07) is 31.7. The minimum atomic E-state index is -0.140. The molecule has 0 spiro atoms. The molecule has 168 valence electrons. The molecule has 0 aliphatic heterocycles. The van der Waals surface area contributed by atoms with Crippen LogP contribution in [0.3, 0.4) is 0 Å². The molecule has 4 aromatic carbocycles. The molecule has 1 heterocycles. The lowest BCUT2D eigenvalue weighted by atomic mass is 10.1. The monoisotopic (exact) mass is 483 g/mol. The minimum Gasteiger partial charge on any atom is -0.322 e. The van der Waals surface area contributed by atoms with Crippen LogP contribution in [0, 0.1) is 0 Å². The van der Waals surface area contributed by atoms with E-state index in [4.69, 9.17) is 11.6 Å². The van der Waals surface area contributed by atoms with Gasteiger partial charge in [-0.15, -0.1) is 11.8 Å². The van der Waals surface area contributed by atoms with E-state index in [1.165, 1.54) is 0 Å². The first-order chi connectivity index (χ1) is 16.6. The second kappa shape index (κ2) is 9.75. The molecule has 0 unspecified atom stereocenters. The van der Waals surface area contributed by atoms with Crippen molar-refractivity contribution in [3.63, 3.8) is 0 Å². The van der Waals surface area contributed by atoms with Crippen LogP contribution in [0.4, 0.5) is 5.69 Å². The highest BCUT2D eigenvalue weighted by Gasteiger charge is 2.18. The number of amides is 1. The van der Waals surface area contributed by atoms with Crippen molar-refractivity contribution in [3.05, 3.63) is 113 Å². The summed E-state index contributed by atoms with van der Waals surface area (Å²) < 4.78 is 1.69. The lowest BCUT2D eigenvalue weighted by Crippen LogP contribution is -2.13. The molecule has 5 aromatic rings. The van der Waals surface area contributed by atoms with Gasteiger partial charge in [0.25, 0.3) is 5.91 Å². The Morgan fingerprint density at radius 2 is 1.62 bits per heavy atom. The average molecular weight is 484 g/mol. The van der Waals surface area contributed by atoms with Gasteiger partial charge in [-0.3, -0.25) is 9.48 Å². The molecule has 34 heavy (non-hydrogen) atoms. The van der Waals surface area contributed by atoms with Crippen molar-refractivity contribution < 1.29 is 4.79 Å². The Morgan fingerprint density at radius 3 is 2.44 bits per heavy atom. The minimum absolute atomic E-state index is 0.140. The van der Waals surface area contributed by atoms with E-state index in [9.17, 15) is 4.79 Å². The van der Waals surface area contributed by atoms with Gasteiger partial charge in [-0.25, -0.2) is 0 Å². The first kappa shape index (κ1) is 22.3. The van der Waals surface area contributed by atoms with Gasteiger partial charge in [-0.2, -0.15) is 5.10 Å². The van der Waals surface area contributed by atoms with Crippen molar-refractivity contribution in [1.29, 1.82) is 0 Å². The quantitative estimate of drug-likeness (QED) is 0.255. The Balaban J connectivity index is 1.38. The van der Waals surface area contributed by atoms with E-state index in [0.29, 0.717) is 16.5 Å². The molecule has 6 heteroatoms. The van der Waals surface area contributed by atoms with Crippen LogP contribution in [0.15, 0.2) is 102 Å². The normalized spacial score (nSPS) is 11.0. The number of carbonyl (C=O) groups excluding carboxylic acids is 1. The molecule has 1 amide bonds. The third-order valence-electron chi connectivity index (χ3n) is 5.63. The van der Waals surface area contributed by atoms with E-state index < -0.39 is 0 Å². The summed E-state index contributed by atoms with van der Waals surface area (Å²) in [6.45, 7) is 0. The van der Waals surface area contributed by atoms with Crippen molar-refractivity contribution in [1.82, 2.24) is 9.78 Å². The molecule has 0 atom stereocenters. The van der Waals surface area contributed by atoms with Crippen LogP contribution in [-0.2, 0) is 12.8 Å². The molecule has 0 saturated carbocycles. The second-order valence-electron chi connectivity index (χ2n) is 7.91. The van der Waals surface area contributed by atoms with Crippen LogP contribution in [0.1, 0.15) is 15.9 Å². The third kappa shape index (κ3) is 4.58. The van der Waals surface area contributed by atoms with Crippen LogP contribution < -0.4 is 5.32 Å². The Hall–Kier alpha value is -3.54. The summed E-state index contributed by atoms with van der Waals surface area (Å²) in [6.07, 6.45) is 0. The first-order valence-electron chi connectivity index (χ1n) is 10.9. The maximum absolute atomic E-state index is 13.2. The number of hydrogen-bond acceptors (Lipinski definition) is 3. The van der Waals surface area contributed by atoms with E-state index in [1.807, 2.05) is 98.0 Å². The van der Waals surface area contributed by atoms with E-state index in [-0.39, 0.29) is 5.91 Å². The summed E-state index contributed by atoms with van der Waals surface area (Å²) in [7, 11) is 1.84. The fraction of sp³-hybridized carbons (Fsp3) is 0.0714. The number of rotatable bonds is 6. The highest BCUT2D eigenvalue weighted by atomic mass is 35.5. The largest absolute Gasteiger partial charge is 0.322 e. The van der Waals surface area contributed by atoms with Crippen molar-refractivity contribution in [2.24, 2.45) is 7.05 Å². The van der Waals surface area contributed by atoms with Crippen LogP contribution in [0.5, 0.6) is 0 Å². The number of halogens is 1. The highest BCUT2D eigenvalue weighted by Crippen LogP contribution is 2.35. The SMILES string of the molecule is Cn1nc(-c2ccccc2)c(CSc2ccccc2C(=O)Nc2ccc3ccccc3c2)c1Cl. The number of thioether (sulfide) groups is 1. The van der Waals surface area contributed by atoms with Crippen molar-refractivity contribution in [2.45, 2.75) is 10.6 Å². The van der Waals surface area contributed by atoms with Crippen molar-refractivity contribution >= 4 is 45.7 Å². The van der Waals surface area contributed by atoms with E-state index in [0.717, 1.165) is 38.2 Å². The standard InChI is InChI=1S/C28H22ClN3OS/c1-32-27(29)24(26(31-32)20-10-3-2-4-11-20)18-34-25-14-8-7-13-23(25)28(33)30-22-16-15-19-9-5-6-12-21(19)17-22/h2-17H,18H2,1H3,(H,30,33). The lowest BCUT2D eigenvalue weighted by molar-refractivity contribution is 0.102. The zero-order valence-corrected chi connectivity index (χ0v) is 20.1. The molecule has 1 N–H and O–H groups in total. The van der Waals surface area contributed by atoms with E-state index in [1.54, 1.807) is 16.4 Å². The summed E-state index contributed by atoms with van der Waals surface area (Å²) in [4.78, 5) is 14.1. The van der Waals surface area contributed by atoms with E-state index >= 15 is 0 Å². The maximum atomic E-state index is 13.2. The number of carbonyl (C=O) groups is 1. The van der Waals surface area contributed by atoms with Crippen LogP contribution in [0.2, 0.25) is 5.15 Å². The van der Waals surface area contributed by atoms with Crippen LogP contribution >= 0.6 is 23.4 Å². The Morgan fingerprint density at radius 1 is 0.912 bits per heavy atom. The lowest BCUT2D eigenvalue weighted by Gasteiger charge is -2.11. The zero-order valence-electron chi connectivity index (χ0n) is 18.5. The number of anilines is 1. The van der Waals surface area contributed by atoms with Crippen LogP contribution in [-0.4, -0.2) is 15.7 Å². The van der Waals surface area contributed by atoms with Gasteiger partial charge in [0.2, 0.25) is 0 Å². The molecule has 4 nitrogen and oxygen atoms in total. The zero-order chi connectivity index (χ0) is 23.5. The van der Waals surface area contributed by atoms with Gasteiger partial charge in [-0.1, -0.05) is 84.4 Å². The number of benzene rings is 4. The van der Waals surface area contributed by atoms with Crippen molar-refractivity contribution in [2.75, 3.05) is 5.32 Å². The first-order valence-corrected chi connectivity index (χ1v) is 12.3. The van der Waals surface area contributed by atoms with Gasteiger partial charge in [0.15, 0.2) is 0 Å². The Kier molecular flexibility index (Phi) is 6.39. The molecular weight excluding hydrogens is 462 g/mol. The predicted octanol–water partition coefficient (Wildman–Crippen LogP) is 7.44. The number of aryl methyl sites for hydroxylation is 1. The van der Waals surface area contributed by atoms with E-state index in [2.05, 4.69) is 16.5 Å². The molecule has 0 bridgehead atoms. The van der Waals surface area contributed by atoms with Gasteiger partial charge in [0.1, 0.15) is 5.15 Å². The van der Waals surface area contributed by atoms with Crippen molar-refractivity contribution in [3.8, 4) is 11.3 Å². The van der Waals surface area contributed by atoms with Crippen LogP contribution in [0.25, 0.3) is 22.0 Å². The van der Waals surface area contributed by atoms with Gasteiger partial charge in [-0.05, 0) is 35.0 Å². The highest BCUT2D eigenvalue weighted by molar-refractivity contribution is 7.98. The number of fused-ring (bicyclic) bond motifs is 1. The topological polar surface area (TPSA) is 46.9 Å². The maximum Gasteiger partial charge on any atom is 0.256 e. The molecular formula is C28H22ClN3OS. The number of nitrogens with one attached hydrogen (secondary N) is 1. The fourth-order valence-corrected chi connectivity index (χ4v) is 5.24. The van der Waals surface area contributed by atoms with Gasteiger partial charge in [0.05, 0.1) is 11.3 Å². The van der Waals surface area contributed by atoms with Gasteiger partial charge in [0, 0.05) is 34.5 Å². The average Bonchev–Trinajstić information content (AvgIpc) is 3.16. The molecule has 0 radical (unpaired) electrons. The molecule has 1 aromatic heterocycles. The molecule has 0 fully saturated rings. The Bertz CT molecular complexity index is 1480. The summed E-state index contributed by atoms with van der Waals surface area (Å²) in [5.74, 6) is 0.455. The van der Waals surface area contributed by atoms with Gasteiger partial charge < -0.3 is 5.32 Å². The summed E-state index contributed by atoms with van der Waals surface area (Å²) >= 11 is 8.17. The number of aromatic nitrogens is 2. The summed E-state index contributed by atoms with van der Waals surface area (Å²) in [5.41, 5.74) is 4.22. The smallest absolute Gasteiger partial charge is 0.256 e. The summed E-state index contributed by atoms with van der Waals surface area (Å²) in [5, 5.41) is 10.5. The number of nitrogens with zero attached hydrogens (tertiary/aromatic N) is 2. The third-order valence-corrected chi connectivity index (χ3v) is 7.20. The molecule has 5 rings (SSSR count). The molecule has 0 aliphatic rings. The predicted molar refractivity (Wildman–Crippen MR) is 142 cm³/mol. The second-order valence-corrected chi connectivity index (χ2v) is 9.28. The van der Waals surface area contributed by atoms with Gasteiger partial charge >= 0.3 is 0 Å². The molecule has 0 saturated heterocycles. The molecule has 0 aliphatic carbocycles.